The Labute approximate surface area is 196 Å². The van der Waals surface area contributed by atoms with Crippen molar-refractivity contribution in [3.8, 4) is 0 Å². The fourth-order valence-corrected chi connectivity index (χ4v) is 2.92. The number of hydrogen-bond donors (Lipinski definition) is 2. The van der Waals surface area contributed by atoms with Gasteiger partial charge in [-0.3, -0.25) is 24.2 Å². The molecule has 0 aromatic heterocycles. The molecule has 176 valence electrons. The summed E-state index contributed by atoms with van der Waals surface area (Å²) in [5.41, 5.74) is 2.78. The predicted octanol–water partition coefficient (Wildman–Crippen LogP) is 2.04. The highest BCUT2D eigenvalue weighted by molar-refractivity contribution is 6.67. The average Bonchev–Trinajstić information content (AvgIpc) is 2.69. The highest BCUT2D eigenvalue weighted by atomic mass is 35.6. The maximum Gasteiger partial charge on any atom is 0.325 e. The molecule has 0 spiro atoms. The SMILES string of the molecule is C=CCC(=O)OC(C(=O)N[C@@H](C)C(=O)N1CCC[C@@H](C(=O)OCC(Cl)(Cl)Cl)N1)C(C)C. The minimum atomic E-state index is -1.74. The van der Waals surface area contributed by atoms with Crippen molar-refractivity contribution in [2.75, 3.05) is 13.2 Å². The largest absolute Gasteiger partial charge is 0.460 e. The molecule has 0 aromatic rings. The van der Waals surface area contributed by atoms with Crippen molar-refractivity contribution in [1.82, 2.24) is 15.8 Å². The van der Waals surface area contributed by atoms with Crippen molar-refractivity contribution in [3.63, 3.8) is 0 Å². The fourth-order valence-electron chi connectivity index (χ4n) is 2.76. The van der Waals surface area contributed by atoms with Gasteiger partial charge in [0, 0.05) is 6.54 Å². The van der Waals surface area contributed by atoms with E-state index in [1.807, 2.05) is 0 Å². The van der Waals surface area contributed by atoms with Crippen LogP contribution in [0.5, 0.6) is 0 Å². The summed E-state index contributed by atoms with van der Waals surface area (Å²) in [5, 5.41) is 3.79. The van der Waals surface area contributed by atoms with Gasteiger partial charge in [-0.1, -0.05) is 54.7 Å². The van der Waals surface area contributed by atoms with Crippen LogP contribution in [0.15, 0.2) is 12.7 Å². The fraction of sp³-hybridized carbons (Fsp3) is 0.684. The Morgan fingerprint density at radius 2 is 1.90 bits per heavy atom. The van der Waals surface area contributed by atoms with Crippen LogP contribution in [0.4, 0.5) is 0 Å². The van der Waals surface area contributed by atoms with E-state index < -0.39 is 52.3 Å². The second-order valence-corrected chi connectivity index (χ2v) is 9.93. The number of rotatable bonds is 9. The van der Waals surface area contributed by atoms with Gasteiger partial charge in [0.25, 0.3) is 11.8 Å². The summed E-state index contributed by atoms with van der Waals surface area (Å²) in [6.07, 6.45) is 1.25. The molecular weight excluding hydrogens is 473 g/mol. The lowest BCUT2D eigenvalue weighted by Gasteiger charge is -2.34. The van der Waals surface area contributed by atoms with Crippen LogP contribution in [0.25, 0.3) is 0 Å². The van der Waals surface area contributed by atoms with Crippen molar-refractivity contribution < 1.29 is 28.7 Å². The molecule has 1 heterocycles. The highest BCUT2D eigenvalue weighted by Gasteiger charge is 2.34. The first-order chi connectivity index (χ1) is 14.4. The summed E-state index contributed by atoms with van der Waals surface area (Å²) in [5.74, 6) is -2.61. The number of ether oxygens (including phenoxy) is 2. The lowest BCUT2D eigenvalue weighted by Crippen LogP contribution is -2.60. The molecule has 0 bridgehead atoms. The molecule has 2 N–H and O–H groups in total. The van der Waals surface area contributed by atoms with Crippen LogP contribution in [-0.2, 0) is 28.7 Å². The summed E-state index contributed by atoms with van der Waals surface area (Å²) >= 11 is 16.7. The molecule has 12 heteroatoms. The van der Waals surface area contributed by atoms with Crippen LogP contribution in [0, 0.1) is 5.92 Å². The van der Waals surface area contributed by atoms with E-state index in [9.17, 15) is 19.2 Å². The zero-order valence-corrected chi connectivity index (χ0v) is 19.9. The Bertz CT molecular complexity index is 683. The van der Waals surface area contributed by atoms with E-state index >= 15 is 0 Å². The van der Waals surface area contributed by atoms with Crippen LogP contribution in [0.1, 0.15) is 40.0 Å². The number of hydrazine groups is 1. The molecular formula is C19H28Cl3N3O6. The van der Waals surface area contributed by atoms with Gasteiger partial charge in [0.15, 0.2) is 6.10 Å². The van der Waals surface area contributed by atoms with Crippen molar-refractivity contribution in [3.05, 3.63) is 12.7 Å². The van der Waals surface area contributed by atoms with E-state index in [0.29, 0.717) is 19.4 Å². The van der Waals surface area contributed by atoms with Gasteiger partial charge in [0.1, 0.15) is 18.7 Å². The summed E-state index contributed by atoms with van der Waals surface area (Å²) in [7, 11) is 0. The number of amides is 2. The van der Waals surface area contributed by atoms with Crippen molar-refractivity contribution in [1.29, 1.82) is 0 Å². The number of esters is 2. The summed E-state index contributed by atoms with van der Waals surface area (Å²) < 4.78 is 8.40. The summed E-state index contributed by atoms with van der Waals surface area (Å²) in [6.45, 7) is 8.30. The first kappa shape index (κ1) is 27.5. The molecule has 1 aliphatic rings. The number of hydrogen-bond acceptors (Lipinski definition) is 7. The lowest BCUT2D eigenvalue weighted by atomic mass is 10.1. The zero-order chi connectivity index (χ0) is 23.8. The maximum absolute atomic E-state index is 12.7. The topological polar surface area (TPSA) is 114 Å². The molecule has 1 aliphatic heterocycles. The molecule has 2 amide bonds. The second kappa shape index (κ2) is 12.5. The number of carbonyl (C=O) groups is 4. The Hall–Kier alpha value is -1.55. The van der Waals surface area contributed by atoms with Gasteiger partial charge < -0.3 is 14.8 Å². The normalized spacial score (nSPS) is 18.7. The number of nitrogens with zero attached hydrogens (tertiary/aromatic N) is 1. The van der Waals surface area contributed by atoms with E-state index in [1.165, 1.54) is 18.0 Å². The minimum absolute atomic E-state index is 0.0293. The number of halogens is 3. The number of nitrogens with one attached hydrogen (secondary N) is 2. The third-order valence-corrected chi connectivity index (χ3v) is 4.60. The summed E-state index contributed by atoms with van der Waals surface area (Å²) in [6, 6.07) is -1.73. The van der Waals surface area contributed by atoms with E-state index in [2.05, 4.69) is 17.3 Å². The van der Waals surface area contributed by atoms with E-state index in [0.717, 1.165) is 0 Å². The van der Waals surface area contributed by atoms with Crippen molar-refractivity contribution >= 4 is 58.6 Å². The molecule has 1 rings (SSSR count). The third-order valence-electron chi connectivity index (χ3n) is 4.28. The summed E-state index contributed by atoms with van der Waals surface area (Å²) in [4.78, 5) is 49.2. The number of carbonyl (C=O) groups excluding carboxylic acids is 4. The monoisotopic (exact) mass is 499 g/mol. The zero-order valence-electron chi connectivity index (χ0n) is 17.7. The van der Waals surface area contributed by atoms with Crippen LogP contribution >= 0.6 is 34.8 Å². The number of alkyl halides is 3. The van der Waals surface area contributed by atoms with Gasteiger partial charge >= 0.3 is 11.9 Å². The average molecular weight is 501 g/mol. The van der Waals surface area contributed by atoms with Gasteiger partial charge in [-0.15, -0.1) is 6.58 Å². The smallest absolute Gasteiger partial charge is 0.325 e. The van der Waals surface area contributed by atoms with Gasteiger partial charge in [0.05, 0.1) is 6.42 Å². The van der Waals surface area contributed by atoms with Crippen LogP contribution in [-0.4, -0.2) is 63.9 Å². The van der Waals surface area contributed by atoms with Crippen LogP contribution in [0.3, 0.4) is 0 Å². The van der Waals surface area contributed by atoms with Crippen LogP contribution < -0.4 is 10.7 Å². The molecule has 3 atom stereocenters. The molecule has 0 radical (unpaired) electrons. The Kier molecular flexibility index (Phi) is 11.1. The van der Waals surface area contributed by atoms with Crippen LogP contribution in [0.2, 0.25) is 0 Å². The Balaban J connectivity index is 2.67. The van der Waals surface area contributed by atoms with E-state index in [4.69, 9.17) is 44.3 Å². The molecule has 0 aromatic carbocycles. The quantitative estimate of drug-likeness (QED) is 0.283. The first-order valence-corrected chi connectivity index (χ1v) is 10.9. The van der Waals surface area contributed by atoms with Gasteiger partial charge in [-0.05, 0) is 25.7 Å². The molecule has 31 heavy (non-hydrogen) atoms. The van der Waals surface area contributed by atoms with Gasteiger partial charge in [0.2, 0.25) is 3.79 Å². The molecule has 9 nitrogen and oxygen atoms in total. The Morgan fingerprint density at radius 3 is 2.45 bits per heavy atom. The molecule has 1 unspecified atom stereocenters. The van der Waals surface area contributed by atoms with E-state index in [1.54, 1.807) is 13.8 Å². The molecule has 0 saturated carbocycles. The Morgan fingerprint density at radius 1 is 1.26 bits per heavy atom. The third kappa shape index (κ3) is 9.64. The molecule has 0 aliphatic carbocycles. The minimum Gasteiger partial charge on any atom is -0.460 e. The molecule has 1 fully saturated rings. The highest BCUT2D eigenvalue weighted by Crippen LogP contribution is 2.26. The van der Waals surface area contributed by atoms with Crippen molar-refractivity contribution in [2.45, 2.75) is 62.0 Å². The maximum atomic E-state index is 12.7. The van der Waals surface area contributed by atoms with E-state index in [-0.39, 0.29) is 12.3 Å². The van der Waals surface area contributed by atoms with Gasteiger partial charge in [-0.25, -0.2) is 5.43 Å². The molecule has 1 saturated heterocycles. The van der Waals surface area contributed by atoms with Crippen molar-refractivity contribution in [2.24, 2.45) is 5.92 Å². The lowest BCUT2D eigenvalue weighted by molar-refractivity contribution is -0.158. The second-order valence-electron chi connectivity index (χ2n) is 7.41. The standard InChI is InChI=1S/C19H28Cl3N3O6/c1-5-7-14(26)31-15(11(2)3)16(27)23-12(4)17(28)25-9-6-8-13(24-25)18(29)30-10-19(20,21)22/h5,11-13,15,24H,1,6-10H2,2-4H3,(H,23,27)/t12-,13-,15?/m0/s1. The first-order valence-electron chi connectivity index (χ1n) is 9.77. The predicted molar refractivity (Wildman–Crippen MR) is 116 cm³/mol. The van der Waals surface area contributed by atoms with Gasteiger partial charge in [-0.2, -0.15) is 0 Å².